The first-order valence-corrected chi connectivity index (χ1v) is 5.87. The Kier molecular flexibility index (Phi) is 3.66. The highest BCUT2D eigenvalue weighted by molar-refractivity contribution is 6.06. The van der Waals surface area contributed by atoms with Crippen LogP contribution in [0.15, 0.2) is 48.5 Å². The number of ketones is 1. The zero-order valence-corrected chi connectivity index (χ0v) is 10.5. The minimum absolute atomic E-state index is 0.104. The fourth-order valence-corrected chi connectivity index (χ4v) is 1.63. The lowest BCUT2D eigenvalue weighted by molar-refractivity contribution is 0.104. The van der Waals surface area contributed by atoms with E-state index in [9.17, 15) is 15.0 Å². The molecule has 0 aromatic heterocycles. The molecule has 0 spiro atoms. The van der Waals surface area contributed by atoms with Gasteiger partial charge in [0.1, 0.15) is 0 Å². The first kappa shape index (κ1) is 12.9. The van der Waals surface area contributed by atoms with E-state index in [2.05, 4.69) is 0 Å². The maximum Gasteiger partial charge on any atom is 0.185 e. The van der Waals surface area contributed by atoms with Gasteiger partial charge in [0, 0.05) is 5.56 Å². The highest BCUT2D eigenvalue weighted by Gasteiger charge is 2.02. The highest BCUT2D eigenvalue weighted by Crippen LogP contribution is 2.25. The van der Waals surface area contributed by atoms with Gasteiger partial charge < -0.3 is 10.2 Å². The molecule has 2 aromatic carbocycles. The summed E-state index contributed by atoms with van der Waals surface area (Å²) < 4.78 is 0. The molecule has 0 bridgehead atoms. The predicted molar refractivity (Wildman–Crippen MR) is 74.3 cm³/mol. The molecule has 0 saturated heterocycles. The standard InChI is InChI=1S/C16H14O3/c1-11-2-6-13(7-3-11)14(17)8-4-12-5-9-15(18)16(19)10-12/h2-10,18-19H,1H3/b8-4+. The van der Waals surface area contributed by atoms with E-state index < -0.39 is 0 Å². The molecule has 0 heterocycles. The van der Waals surface area contributed by atoms with E-state index in [4.69, 9.17) is 0 Å². The zero-order chi connectivity index (χ0) is 13.8. The summed E-state index contributed by atoms with van der Waals surface area (Å²) in [5, 5.41) is 18.5. The second-order valence-electron chi connectivity index (χ2n) is 4.31. The Morgan fingerprint density at radius 3 is 2.32 bits per heavy atom. The maximum atomic E-state index is 11.9. The Labute approximate surface area is 111 Å². The van der Waals surface area contributed by atoms with Gasteiger partial charge in [0.25, 0.3) is 0 Å². The van der Waals surface area contributed by atoms with Gasteiger partial charge in [-0.1, -0.05) is 42.0 Å². The number of allylic oxidation sites excluding steroid dienone is 1. The van der Waals surface area contributed by atoms with Gasteiger partial charge in [-0.05, 0) is 30.7 Å². The lowest BCUT2D eigenvalue weighted by Crippen LogP contribution is -1.93. The molecular formula is C16H14O3. The van der Waals surface area contributed by atoms with Crippen LogP contribution in [0.2, 0.25) is 0 Å². The van der Waals surface area contributed by atoms with Crippen molar-refractivity contribution in [3.63, 3.8) is 0 Å². The average Bonchev–Trinajstić information content (AvgIpc) is 2.40. The minimum atomic E-state index is -0.204. The van der Waals surface area contributed by atoms with E-state index in [1.165, 1.54) is 18.2 Å². The third-order valence-corrected chi connectivity index (χ3v) is 2.76. The van der Waals surface area contributed by atoms with Crippen LogP contribution in [0.25, 0.3) is 6.08 Å². The molecule has 0 amide bonds. The summed E-state index contributed by atoms with van der Waals surface area (Å²) in [7, 11) is 0. The van der Waals surface area contributed by atoms with Gasteiger partial charge >= 0.3 is 0 Å². The fourth-order valence-electron chi connectivity index (χ4n) is 1.63. The fraction of sp³-hybridized carbons (Fsp3) is 0.0625. The molecule has 3 heteroatoms. The number of aromatic hydroxyl groups is 2. The van der Waals surface area contributed by atoms with E-state index in [-0.39, 0.29) is 17.3 Å². The predicted octanol–water partition coefficient (Wildman–Crippen LogP) is 3.30. The van der Waals surface area contributed by atoms with E-state index in [1.54, 1.807) is 24.3 Å². The monoisotopic (exact) mass is 254 g/mol. The smallest absolute Gasteiger partial charge is 0.185 e. The summed E-state index contributed by atoms with van der Waals surface area (Å²) in [4.78, 5) is 11.9. The quantitative estimate of drug-likeness (QED) is 0.502. The number of hydrogen-bond acceptors (Lipinski definition) is 3. The van der Waals surface area contributed by atoms with Gasteiger partial charge in [0.15, 0.2) is 17.3 Å². The van der Waals surface area contributed by atoms with Crippen LogP contribution in [0.3, 0.4) is 0 Å². The van der Waals surface area contributed by atoms with Crippen molar-refractivity contribution in [1.82, 2.24) is 0 Å². The third-order valence-electron chi connectivity index (χ3n) is 2.76. The lowest BCUT2D eigenvalue weighted by Gasteiger charge is -1.99. The average molecular weight is 254 g/mol. The molecule has 0 saturated carbocycles. The summed E-state index contributed by atoms with van der Waals surface area (Å²) in [6.07, 6.45) is 3.04. The summed E-state index contributed by atoms with van der Waals surface area (Å²) >= 11 is 0. The molecule has 0 aliphatic carbocycles. The number of rotatable bonds is 3. The maximum absolute atomic E-state index is 11.9. The van der Waals surface area contributed by atoms with E-state index in [1.807, 2.05) is 19.1 Å². The topological polar surface area (TPSA) is 57.5 Å². The first-order chi connectivity index (χ1) is 9.06. The second-order valence-corrected chi connectivity index (χ2v) is 4.31. The minimum Gasteiger partial charge on any atom is -0.504 e. The van der Waals surface area contributed by atoms with Crippen molar-refractivity contribution in [2.24, 2.45) is 0 Å². The van der Waals surface area contributed by atoms with Gasteiger partial charge in [-0.2, -0.15) is 0 Å². The Balaban J connectivity index is 2.15. The largest absolute Gasteiger partial charge is 0.504 e. The summed E-state index contributed by atoms with van der Waals surface area (Å²) in [5.74, 6) is -0.487. The van der Waals surface area contributed by atoms with Crippen molar-refractivity contribution in [3.05, 3.63) is 65.2 Å². The van der Waals surface area contributed by atoms with Gasteiger partial charge in [-0.15, -0.1) is 0 Å². The number of aryl methyl sites for hydroxylation is 1. The molecule has 0 atom stereocenters. The first-order valence-electron chi connectivity index (χ1n) is 5.87. The van der Waals surface area contributed by atoms with Crippen molar-refractivity contribution >= 4 is 11.9 Å². The van der Waals surface area contributed by atoms with Crippen LogP contribution in [0.5, 0.6) is 11.5 Å². The Hall–Kier alpha value is -2.55. The van der Waals surface area contributed by atoms with Gasteiger partial charge in [0.05, 0.1) is 0 Å². The second kappa shape index (κ2) is 5.40. The van der Waals surface area contributed by atoms with Crippen molar-refractivity contribution in [1.29, 1.82) is 0 Å². The molecule has 0 fully saturated rings. The van der Waals surface area contributed by atoms with Crippen LogP contribution in [-0.4, -0.2) is 16.0 Å². The molecule has 3 nitrogen and oxygen atoms in total. The SMILES string of the molecule is Cc1ccc(C(=O)/C=C/c2ccc(O)c(O)c2)cc1. The molecule has 0 aliphatic heterocycles. The molecule has 2 rings (SSSR count). The zero-order valence-electron chi connectivity index (χ0n) is 10.5. The van der Waals surface area contributed by atoms with Crippen molar-refractivity contribution in [3.8, 4) is 11.5 Å². The number of carbonyl (C=O) groups excluding carboxylic acids is 1. The summed E-state index contributed by atoms with van der Waals surface area (Å²) in [5.41, 5.74) is 2.37. The number of phenols is 2. The Bertz CT molecular complexity index is 625. The number of hydrogen-bond donors (Lipinski definition) is 2. The van der Waals surface area contributed by atoms with Gasteiger partial charge in [-0.3, -0.25) is 4.79 Å². The van der Waals surface area contributed by atoms with Gasteiger partial charge in [0.2, 0.25) is 0 Å². The molecule has 96 valence electrons. The van der Waals surface area contributed by atoms with Crippen molar-refractivity contribution in [2.75, 3.05) is 0 Å². The number of benzene rings is 2. The normalized spacial score (nSPS) is 10.8. The van der Waals surface area contributed by atoms with Crippen LogP contribution in [-0.2, 0) is 0 Å². The molecule has 19 heavy (non-hydrogen) atoms. The van der Waals surface area contributed by atoms with Crippen LogP contribution in [0.4, 0.5) is 0 Å². The van der Waals surface area contributed by atoms with Crippen molar-refractivity contribution < 1.29 is 15.0 Å². The molecule has 0 unspecified atom stereocenters. The van der Waals surface area contributed by atoms with Crippen LogP contribution >= 0.6 is 0 Å². The lowest BCUT2D eigenvalue weighted by atomic mass is 10.1. The highest BCUT2D eigenvalue weighted by atomic mass is 16.3. The Morgan fingerprint density at radius 1 is 1.00 bits per heavy atom. The van der Waals surface area contributed by atoms with Crippen LogP contribution in [0.1, 0.15) is 21.5 Å². The van der Waals surface area contributed by atoms with E-state index in [0.29, 0.717) is 11.1 Å². The summed E-state index contributed by atoms with van der Waals surface area (Å²) in [6.45, 7) is 1.96. The third kappa shape index (κ3) is 3.22. The van der Waals surface area contributed by atoms with Gasteiger partial charge in [-0.25, -0.2) is 0 Å². The molecule has 0 aliphatic rings. The molecular weight excluding hydrogens is 240 g/mol. The number of phenolic OH excluding ortho intramolecular Hbond substituents is 2. The van der Waals surface area contributed by atoms with Crippen LogP contribution in [0, 0.1) is 6.92 Å². The molecule has 2 N–H and O–H groups in total. The Morgan fingerprint density at radius 2 is 1.68 bits per heavy atom. The molecule has 2 aromatic rings. The van der Waals surface area contributed by atoms with E-state index in [0.717, 1.165) is 5.56 Å². The number of carbonyl (C=O) groups is 1. The van der Waals surface area contributed by atoms with E-state index >= 15 is 0 Å². The summed E-state index contributed by atoms with van der Waals surface area (Å²) in [6, 6.07) is 11.7. The van der Waals surface area contributed by atoms with Crippen molar-refractivity contribution in [2.45, 2.75) is 6.92 Å². The van der Waals surface area contributed by atoms with Crippen LogP contribution < -0.4 is 0 Å². The molecule has 0 radical (unpaired) electrons.